The van der Waals surface area contributed by atoms with Crippen molar-refractivity contribution in [3.8, 4) is 0 Å². The third-order valence-electron chi connectivity index (χ3n) is 4.66. The summed E-state index contributed by atoms with van der Waals surface area (Å²) in [4.78, 5) is 2.38. The average molecular weight is 226 g/mol. The van der Waals surface area contributed by atoms with E-state index in [0.29, 0.717) is 0 Å². The summed E-state index contributed by atoms with van der Waals surface area (Å²) < 4.78 is 0. The van der Waals surface area contributed by atoms with E-state index in [1.54, 1.807) is 0 Å². The van der Waals surface area contributed by atoms with Gasteiger partial charge in [0, 0.05) is 6.54 Å². The van der Waals surface area contributed by atoms with Crippen LogP contribution >= 0.6 is 0 Å². The molecule has 3 nitrogen and oxygen atoms in total. The van der Waals surface area contributed by atoms with Crippen LogP contribution in [0.3, 0.4) is 0 Å². The summed E-state index contributed by atoms with van der Waals surface area (Å²) in [7, 11) is 0. The van der Waals surface area contributed by atoms with Gasteiger partial charge in [-0.1, -0.05) is 26.2 Å². The van der Waals surface area contributed by atoms with Crippen LogP contribution in [0.5, 0.6) is 0 Å². The topological polar surface area (TPSA) is 49.5 Å². The summed E-state index contributed by atoms with van der Waals surface area (Å²) >= 11 is 0. The van der Waals surface area contributed by atoms with Gasteiger partial charge in [0.1, 0.15) is 0 Å². The Morgan fingerprint density at radius 3 is 2.44 bits per heavy atom. The van der Waals surface area contributed by atoms with Gasteiger partial charge >= 0.3 is 0 Å². The second-order valence-corrected chi connectivity index (χ2v) is 5.72. The molecule has 2 aliphatic rings. The summed E-state index contributed by atoms with van der Waals surface area (Å²) in [6.07, 6.45) is 7.47. The lowest BCUT2D eigenvalue weighted by Crippen LogP contribution is -2.68. The third kappa shape index (κ3) is 2.13. The van der Waals surface area contributed by atoms with Crippen LogP contribution in [0.25, 0.3) is 0 Å². The molecule has 2 fully saturated rings. The molecule has 2 rings (SSSR count). The number of hydrogen-bond donors (Lipinski definition) is 2. The highest BCUT2D eigenvalue weighted by Crippen LogP contribution is 2.39. The predicted molar refractivity (Wildman–Crippen MR) is 66.3 cm³/mol. The van der Waals surface area contributed by atoms with E-state index in [4.69, 9.17) is 5.73 Å². The van der Waals surface area contributed by atoms with E-state index in [2.05, 4.69) is 11.8 Å². The number of piperidine rings is 1. The maximum absolute atomic E-state index is 10.8. The molecule has 1 saturated heterocycles. The Morgan fingerprint density at radius 1 is 1.12 bits per heavy atom. The van der Waals surface area contributed by atoms with Crippen molar-refractivity contribution in [2.24, 2.45) is 5.73 Å². The zero-order valence-corrected chi connectivity index (χ0v) is 10.5. The minimum atomic E-state index is -0.598. The molecule has 0 aromatic carbocycles. The lowest BCUT2D eigenvalue weighted by atomic mass is 9.67. The second-order valence-electron chi connectivity index (χ2n) is 5.72. The molecule has 1 heterocycles. The zero-order chi connectivity index (χ0) is 11.6. The molecule has 0 spiro atoms. The summed E-state index contributed by atoms with van der Waals surface area (Å²) in [5.41, 5.74) is 5.58. The summed E-state index contributed by atoms with van der Waals surface area (Å²) in [6.45, 7) is 5.25. The molecule has 1 aliphatic carbocycles. The highest BCUT2D eigenvalue weighted by molar-refractivity contribution is 5.07. The van der Waals surface area contributed by atoms with Gasteiger partial charge in [-0.15, -0.1) is 0 Å². The number of nitrogens with zero attached hydrogens (tertiary/aromatic N) is 1. The van der Waals surface area contributed by atoms with Gasteiger partial charge in [-0.2, -0.15) is 0 Å². The third-order valence-corrected chi connectivity index (χ3v) is 4.66. The monoisotopic (exact) mass is 226 g/mol. The van der Waals surface area contributed by atoms with Crippen LogP contribution in [-0.4, -0.2) is 40.8 Å². The second kappa shape index (κ2) is 4.63. The molecule has 0 amide bonds. The van der Waals surface area contributed by atoms with Crippen molar-refractivity contribution in [3.05, 3.63) is 0 Å². The first kappa shape index (κ1) is 12.3. The first-order chi connectivity index (χ1) is 7.60. The van der Waals surface area contributed by atoms with Crippen molar-refractivity contribution in [3.63, 3.8) is 0 Å². The first-order valence-corrected chi connectivity index (χ1v) is 6.83. The molecule has 16 heavy (non-hydrogen) atoms. The molecule has 0 aromatic heterocycles. The van der Waals surface area contributed by atoms with E-state index in [9.17, 15) is 5.11 Å². The zero-order valence-electron chi connectivity index (χ0n) is 10.5. The van der Waals surface area contributed by atoms with Crippen molar-refractivity contribution in [1.82, 2.24) is 4.90 Å². The highest BCUT2D eigenvalue weighted by atomic mass is 16.3. The standard InChI is InChI=1S/C13H26N2O/c1-2-15-10-6-7-12(14,11-15)13(16)8-4-3-5-9-13/h16H,2-11,14H2,1H3. The fourth-order valence-electron chi connectivity index (χ4n) is 3.46. The van der Waals surface area contributed by atoms with Crippen molar-refractivity contribution in [2.45, 2.75) is 63.0 Å². The van der Waals surface area contributed by atoms with Gasteiger partial charge in [0.05, 0.1) is 11.1 Å². The maximum Gasteiger partial charge on any atom is 0.0838 e. The Bertz CT molecular complexity index is 238. The van der Waals surface area contributed by atoms with Crippen LogP contribution in [0.2, 0.25) is 0 Å². The minimum Gasteiger partial charge on any atom is -0.388 e. The summed E-state index contributed by atoms with van der Waals surface area (Å²) in [5, 5.41) is 10.8. The lowest BCUT2D eigenvalue weighted by molar-refractivity contribution is -0.0885. The fraction of sp³-hybridized carbons (Fsp3) is 1.00. The van der Waals surface area contributed by atoms with Crippen LogP contribution < -0.4 is 5.73 Å². The van der Waals surface area contributed by atoms with Crippen LogP contribution in [0.4, 0.5) is 0 Å². The molecule has 0 radical (unpaired) electrons. The predicted octanol–water partition coefficient (Wildman–Crippen LogP) is 1.49. The summed E-state index contributed by atoms with van der Waals surface area (Å²) in [5.74, 6) is 0. The number of rotatable bonds is 2. The number of nitrogens with two attached hydrogens (primary N) is 1. The number of hydrogen-bond acceptors (Lipinski definition) is 3. The quantitative estimate of drug-likeness (QED) is 0.750. The Balaban J connectivity index is 2.09. The number of likely N-dealkylation sites (N-methyl/N-ethyl adjacent to an activating group) is 1. The summed E-state index contributed by atoms with van der Waals surface area (Å²) in [6, 6.07) is 0. The van der Waals surface area contributed by atoms with Gasteiger partial charge < -0.3 is 15.7 Å². The van der Waals surface area contributed by atoms with Crippen molar-refractivity contribution in [1.29, 1.82) is 0 Å². The lowest BCUT2D eigenvalue weighted by Gasteiger charge is -2.51. The number of aliphatic hydroxyl groups is 1. The molecular formula is C13H26N2O. The molecule has 1 saturated carbocycles. The molecule has 1 atom stereocenters. The highest BCUT2D eigenvalue weighted by Gasteiger charge is 2.49. The van der Waals surface area contributed by atoms with Crippen molar-refractivity contribution < 1.29 is 5.11 Å². The Hall–Kier alpha value is -0.120. The molecule has 3 heteroatoms. The first-order valence-electron chi connectivity index (χ1n) is 6.83. The van der Waals surface area contributed by atoms with Gasteiger partial charge in [0.15, 0.2) is 0 Å². The Kier molecular flexibility index (Phi) is 3.57. The van der Waals surface area contributed by atoms with Gasteiger partial charge in [-0.25, -0.2) is 0 Å². The van der Waals surface area contributed by atoms with Gasteiger partial charge in [0.25, 0.3) is 0 Å². The normalized spacial score (nSPS) is 36.2. The van der Waals surface area contributed by atoms with E-state index >= 15 is 0 Å². The van der Waals surface area contributed by atoms with Crippen molar-refractivity contribution in [2.75, 3.05) is 19.6 Å². The van der Waals surface area contributed by atoms with Gasteiger partial charge in [-0.05, 0) is 38.8 Å². The van der Waals surface area contributed by atoms with Crippen LogP contribution in [-0.2, 0) is 0 Å². The molecule has 0 aromatic rings. The molecule has 1 unspecified atom stereocenters. The Morgan fingerprint density at radius 2 is 1.81 bits per heavy atom. The number of likely N-dealkylation sites (tertiary alicyclic amines) is 1. The van der Waals surface area contributed by atoms with Gasteiger partial charge in [0.2, 0.25) is 0 Å². The van der Waals surface area contributed by atoms with E-state index in [-0.39, 0.29) is 5.54 Å². The SMILES string of the molecule is CCN1CCCC(N)(C2(O)CCCCC2)C1. The molecular weight excluding hydrogens is 200 g/mol. The van der Waals surface area contributed by atoms with Crippen LogP contribution in [0.15, 0.2) is 0 Å². The average Bonchev–Trinajstić information content (AvgIpc) is 2.30. The van der Waals surface area contributed by atoms with Crippen LogP contribution in [0, 0.1) is 0 Å². The molecule has 3 N–H and O–H groups in total. The van der Waals surface area contributed by atoms with E-state index in [1.807, 2.05) is 0 Å². The van der Waals surface area contributed by atoms with Crippen molar-refractivity contribution >= 4 is 0 Å². The fourth-order valence-corrected chi connectivity index (χ4v) is 3.46. The van der Waals surface area contributed by atoms with Crippen LogP contribution in [0.1, 0.15) is 51.9 Å². The Labute approximate surface area is 99.0 Å². The smallest absolute Gasteiger partial charge is 0.0838 e. The molecule has 0 bridgehead atoms. The van der Waals surface area contributed by atoms with E-state index in [1.165, 1.54) is 6.42 Å². The molecule has 1 aliphatic heterocycles. The molecule has 94 valence electrons. The maximum atomic E-state index is 10.8. The van der Waals surface area contributed by atoms with E-state index < -0.39 is 5.60 Å². The largest absolute Gasteiger partial charge is 0.388 e. The minimum absolute atomic E-state index is 0.359. The van der Waals surface area contributed by atoms with Gasteiger partial charge in [-0.3, -0.25) is 0 Å². The van der Waals surface area contributed by atoms with E-state index in [0.717, 1.165) is 58.2 Å².